The number of hydrazine groups is 1. The molecule has 1 aliphatic rings. The monoisotopic (exact) mass is 418 g/mol. The average Bonchev–Trinajstić information content (AvgIpc) is 2.63. The van der Waals surface area contributed by atoms with Crippen LogP contribution in [0.2, 0.25) is 0 Å². The molecule has 128 valence electrons. The summed E-state index contributed by atoms with van der Waals surface area (Å²) in [5.74, 6) is 0.516. The lowest BCUT2D eigenvalue weighted by atomic mass is 10.1. The Morgan fingerprint density at radius 2 is 1.84 bits per heavy atom. The largest absolute Gasteiger partial charge is 0.497 e. The summed E-state index contributed by atoms with van der Waals surface area (Å²) >= 11 is 4.42. The van der Waals surface area contributed by atoms with Gasteiger partial charge in [0.05, 0.1) is 19.2 Å². The summed E-state index contributed by atoms with van der Waals surface area (Å²) in [6.07, 6.45) is 0.169. The van der Waals surface area contributed by atoms with Crippen LogP contribution in [0.25, 0.3) is 5.70 Å². The number of amides is 2. The summed E-state index contributed by atoms with van der Waals surface area (Å²) in [6.45, 7) is 0. The van der Waals surface area contributed by atoms with Crippen molar-refractivity contribution in [1.82, 2.24) is 10.4 Å². The van der Waals surface area contributed by atoms with Crippen LogP contribution in [0, 0.1) is 0 Å². The fourth-order valence-electron chi connectivity index (χ4n) is 2.35. The smallest absolute Gasteiger partial charge is 0.302 e. The van der Waals surface area contributed by atoms with Gasteiger partial charge in [-0.2, -0.15) is 0 Å². The van der Waals surface area contributed by atoms with Crippen molar-refractivity contribution in [2.24, 2.45) is 0 Å². The van der Waals surface area contributed by atoms with E-state index in [9.17, 15) is 9.59 Å². The normalized spacial score (nSPS) is 13.9. The summed E-state index contributed by atoms with van der Waals surface area (Å²) < 4.78 is 6.07. The summed E-state index contributed by atoms with van der Waals surface area (Å²) in [4.78, 5) is 24.5. The van der Waals surface area contributed by atoms with Crippen molar-refractivity contribution in [3.05, 3.63) is 69.5 Å². The Balaban J connectivity index is 1.82. The molecule has 0 aromatic heterocycles. The van der Waals surface area contributed by atoms with Crippen molar-refractivity contribution in [3.63, 3.8) is 0 Å². The third-order valence-corrected chi connectivity index (χ3v) is 4.80. The number of carbonyl (C=O) groups is 2. The van der Waals surface area contributed by atoms with Gasteiger partial charge in [-0.1, -0.05) is 40.2 Å². The Morgan fingerprint density at radius 3 is 2.48 bits per heavy atom. The predicted molar refractivity (Wildman–Crippen MR) is 102 cm³/mol. The first kappa shape index (κ1) is 17.6. The van der Waals surface area contributed by atoms with Gasteiger partial charge in [-0.05, 0) is 41.6 Å². The molecule has 1 heterocycles. The summed E-state index contributed by atoms with van der Waals surface area (Å²) in [5.41, 5.74) is 4.96. The highest BCUT2D eigenvalue weighted by atomic mass is 79.9. The van der Waals surface area contributed by atoms with Gasteiger partial charge in [0.15, 0.2) is 0 Å². The van der Waals surface area contributed by atoms with E-state index in [4.69, 9.17) is 4.74 Å². The molecule has 5 nitrogen and oxygen atoms in total. The van der Waals surface area contributed by atoms with Gasteiger partial charge in [-0.15, -0.1) is 0 Å². The zero-order valence-corrected chi connectivity index (χ0v) is 15.8. The molecule has 3 rings (SSSR count). The molecule has 0 saturated carbocycles. The lowest BCUT2D eigenvalue weighted by Crippen LogP contribution is -2.45. The van der Waals surface area contributed by atoms with Gasteiger partial charge in [-0.25, -0.2) is 5.01 Å². The first-order chi connectivity index (χ1) is 12.1. The minimum Gasteiger partial charge on any atom is -0.497 e. The van der Waals surface area contributed by atoms with E-state index in [0.717, 1.165) is 33.1 Å². The van der Waals surface area contributed by atoms with Crippen LogP contribution in [0.4, 0.5) is 4.79 Å². The van der Waals surface area contributed by atoms with E-state index in [0.29, 0.717) is 5.70 Å². The molecule has 0 saturated heterocycles. The number of hydrogen-bond acceptors (Lipinski definition) is 4. The number of benzene rings is 2. The molecule has 2 amide bonds. The van der Waals surface area contributed by atoms with Crippen LogP contribution in [0.5, 0.6) is 5.75 Å². The van der Waals surface area contributed by atoms with Crippen molar-refractivity contribution >= 4 is 44.5 Å². The maximum atomic E-state index is 12.7. The molecule has 7 heteroatoms. The molecule has 2 aromatic carbocycles. The van der Waals surface area contributed by atoms with Gasteiger partial charge in [-0.3, -0.25) is 15.0 Å². The number of nitrogens with one attached hydrogen (secondary N) is 1. The van der Waals surface area contributed by atoms with Crippen LogP contribution < -0.4 is 10.2 Å². The fraction of sp³-hybridized carbons (Fsp3) is 0.111. The topological polar surface area (TPSA) is 58.6 Å². The first-order valence-corrected chi connectivity index (χ1v) is 9.13. The standard InChI is InChI=1S/C18H15BrN2O3S/c1-24-15-8-2-12(3-9-15)10-17(22)21-16(11-25-18(23)20-21)13-4-6-14(19)7-5-13/h2-9,11H,10H2,1H3,(H,20,23). The number of thioether (sulfide) groups is 1. The minimum atomic E-state index is -0.288. The second kappa shape index (κ2) is 7.76. The Morgan fingerprint density at radius 1 is 1.16 bits per heavy atom. The molecule has 0 aliphatic carbocycles. The van der Waals surface area contributed by atoms with Gasteiger partial charge >= 0.3 is 5.24 Å². The molecule has 0 fully saturated rings. The average molecular weight is 419 g/mol. The number of methoxy groups -OCH3 is 1. The number of halogens is 1. The molecular weight excluding hydrogens is 404 g/mol. The van der Waals surface area contributed by atoms with Crippen LogP contribution in [-0.2, 0) is 11.2 Å². The molecule has 0 spiro atoms. The lowest BCUT2D eigenvalue weighted by Gasteiger charge is -2.28. The van der Waals surface area contributed by atoms with E-state index in [1.54, 1.807) is 24.7 Å². The summed E-state index contributed by atoms with van der Waals surface area (Å²) in [7, 11) is 1.59. The maximum Gasteiger partial charge on any atom is 0.302 e. The second-order valence-corrected chi connectivity index (χ2v) is 7.04. The number of ether oxygens (including phenoxy) is 1. The number of nitrogens with zero attached hydrogens (tertiary/aromatic N) is 1. The lowest BCUT2D eigenvalue weighted by molar-refractivity contribution is -0.128. The predicted octanol–water partition coefficient (Wildman–Crippen LogP) is 4.20. The number of carbonyl (C=O) groups excluding carboxylic acids is 2. The SMILES string of the molecule is COc1ccc(CC(=O)N2NC(=O)SC=C2c2ccc(Br)cc2)cc1. The fourth-order valence-corrected chi connectivity index (χ4v) is 3.22. The van der Waals surface area contributed by atoms with Gasteiger partial charge in [0.25, 0.3) is 0 Å². The van der Waals surface area contributed by atoms with E-state index in [-0.39, 0.29) is 17.6 Å². The first-order valence-electron chi connectivity index (χ1n) is 7.46. The molecule has 25 heavy (non-hydrogen) atoms. The van der Waals surface area contributed by atoms with Gasteiger partial charge in [0, 0.05) is 15.4 Å². The molecule has 0 unspecified atom stereocenters. The molecule has 0 bridgehead atoms. The molecule has 0 atom stereocenters. The quantitative estimate of drug-likeness (QED) is 0.807. The van der Waals surface area contributed by atoms with Gasteiger partial charge in [0.2, 0.25) is 5.91 Å². The second-order valence-electron chi connectivity index (χ2n) is 5.28. The third kappa shape index (κ3) is 4.24. The highest BCUT2D eigenvalue weighted by Gasteiger charge is 2.26. The summed E-state index contributed by atoms with van der Waals surface area (Å²) in [5, 5.41) is 2.71. The van der Waals surface area contributed by atoms with Crippen molar-refractivity contribution < 1.29 is 14.3 Å². The Bertz CT molecular complexity index is 819. The van der Waals surface area contributed by atoms with Crippen LogP contribution in [0.3, 0.4) is 0 Å². The maximum absolute atomic E-state index is 12.7. The van der Waals surface area contributed by atoms with E-state index in [2.05, 4.69) is 21.4 Å². The Kier molecular flexibility index (Phi) is 5.45. The number of hydrogen-bond donors (Lipinski definition) is 1. The van der Waals surface area contributed by atoms with Gasteiger partial charge in [0.1, 0.15) is 5.75 Å². The zero-order chi connectivity index (χ0) is 17.8. The summed E-state index contributed by atoms with van der Waals surface area (Å²) in [6, 6.07) is 14.8. The molecular formula is C18H15BrN2O3S. The van der Waals surface area contributed by atoms with Crippen LogP contribution in [0.1, 0.15) is 11.1 Å². The number of rotatable bonds is 4. The minimum absolute atomic E-state index is 0.169. The molecule has 1 aliphatic heterocycles. The zero-order valence-electron chi connectivity index (χ0n) is 13.4. The van der Waals surface area contributed by atoms with Crippen LogP contribution >= 0.6 is 27.7 Å². The van der Waals surface area contributed by atoms with Crippen molar-refractivity contribution in [2.45, 2.75) is 6.42 Å². The highest BCUT2D eigenvalue weighted by molar-refractivity contribution is 9.10. The van der Waals surface area contributed by atoms with E-state index < -0.39 is 0 Å². The third-order valence-electron chi connectivity index (χ3n) is 3.63. The van der Waals surface area contributed by atoms with Gasteiger partial charge < -0.3 is 4.74 Å². The van der Waals surface area contributed by atoms with E-state index in [1.807, 2.05) is 36.4 Å². The van der Waals surface area contributed by atoms with E-state index in [1.165, 1.54) is 5.01 Å². The molecule has 2 aromatic rings. The highest BCUT2D eigenvalue weighted by Crippen LogP contribution is 2.28. The van der Waals surface area contributed by atoms with Crippen molar-refractivity contribution in [2.75, 3.05) is 7.11 Å². The van der Waals surface area contributed by atoms with Crippen molar-refractivity contribution in [3.8, 4) is 5.75 Å². The Hall–Kier alpha value is -2.25. The van der Waals surface area contributed by atoms with Crippen LogP contribution in [0.15, 0.2) is 58.4 Å². The molecule has 1 N–H and O–H groups in total. The van der Waals surface area contributed by atoms with E-state index >= 15 is 0 Å². The Labute approximate surface area is 158 Å². The van der Waals surface area contributed by atoms with Crippen LogP contribution in [-0.4, -0.2) is 23.3 Å². The van der Waals surface area contributed by atoms with Crippen molar-refractivity contribution in [1.29, 1.82) is 0 Å². The molecule has 0 radical (unpaired) electrons.